The maximum atomic E-state index is 13.1. The third-order valence-electron chi connectivity index (χ3n) is 4.33. The summed E-state index contributed by atoms with van der Waals surface area (Å²) in [6.07, 6.45) is 1.80. The molecule has 2 aromatic carbocycles. The SMILES string of the molecule is CCOc1cc(/C=C2/SC(=S)N(c3ccc4c(c3)OCO4)C2=O)cc(Br)c1OCC. The van der Waals surface area contributed by atoms with E-state index in [9.17, 15) is 4.79 Å². The molecule has 0 spiro atoms. The minimum Gasteiger partial charge on any atom is -0.490 e. The van der Waals surface area contributed by atoms with Gasteiger partial charge in [-0.15, -0.1) is 0 Å². The quantitative estimate of drug-likeness (QED) is 0.384. The number of hydrogen-bond donors (Lipinski definition) is 0. The van der Waals surface area contributed by atoms with Gasteiger partial charge in [-0.25, -0.2) is 0 Å². The van der Waals surface area contributed by atoms with Gasteiger partial charge in [0, 0.05) is 6.07 Å². The molecule has 0 radical (unpaired) electrons. The van der Waals surface area contributed by atoms with Crippen LogP contribution in [-0.4, -0.2) is 30.2 Å². The van der Waals surface area contributed by atoms with E-state index >= 15 is 0 Å². The topological polar surface area (TPSA) is 57.2 Å². The van der Waals surface area contributed by atoms with Gasteiger partial charge in [0.15, 0.2) is 27.3 Å². The fraction of sp³-hybridized carbons (Fsp3) is 0.238. The van der Waals surface area contributed by atoms with E-state index in [1.165, 1.54) is 16.7 Å². The number of anilines is 1. The van der Waals surface area contributed by atoms with Gasteiger partial charge in [0.2, 0.25) is 6.79 Å². The number of thioether (sulfide) groups is 1. The number of thiocarbonyl (C=S) groups is 1. The van der Waals surface area contributed by atoms with Crippen molar-refractivity contribution in [1.82, 2.24) is 0 Å². The van der Waals surface area contributed by atoms with E-state index in [2.05, 4.69) is 15.9 Å². The van der Waals surface area contributed by atoms with Gasteiger partial charge in [0.05, 0.1) is 28.3 Å². The average molecular weight is 508 g/mol. The lowest BCUT2D eigenvalue weighted by Gasteiger charge is -2.15. The standard InChI is InChI=1S/C21H18BrNO5S2/c1-3-25-17-8-12(7-14(22)19(17)26-4-2)9-18-20(24)23(21(29)30-18)13-5-6-15-16(10-13)28-11-27-15/h5-10H,3-4,11H2,1-2H3/b18-9+. The first-order chi connectivity index (χ1) is 14.5. The van der Waals surface area contributed by atoms with Crippen LogP contribution in [0, 0.1) is 0 Å². The third kappa shape index (κ3) is 4.01. The molecule has 1 fully saturated rings. The molecule has 1 amide bonds. The Labute approximate surface area is 192 Å². The van der Waals surface area contributed by atoms with Gasteiger partial charge in [0.1, 0.15) is 0 Å². The molecule has 1 saturated heterocycles. The fourth-order valence-corrected chi connectivity index (χ4v) is 4.96. The van der Waals surface area contributed by atoms with E-state index in [0.29, 0.717) is 51.1 Å². The Bertz CT molecular complexity index is 1060. The fourth-order valence-electron chi connectivity index (χ4n) is 3.08. The van der Waals surface area contributed by atoms with Crippen molar-refractivity contribution in [2.75, 3.05) is 24.9 Å². The lowest BCUT2D eigenvalue weighted by Crippen LogP contribution is -2.27. The van der Waals surface area contributed by atoms with E-state index in [1.807, 2.05) is 26.0 Å². The highest BCUT2D eigenvalue weighted by Gasteiger charge is 2.34. The minimum absolute atomic E-state index is 0.172. The zero-order valence-corrected chi connectivity index (χ0v) is 19.5. The largest absolute Gasteiger partial charge is 0.490 e. The zero-order valence-electron chi connectivity index (χ0n) is 16.3. The number of hydrogen-bond acceptors (Lipinski definition) is 7. The van der Waals surface area contributed by atoms with Crippen molar-refractivity contribution >= 4 is 61.9 Å². The van der Waals surface area contributed by atoms with Gasteiger partial charge in [0.25, 0.3) is 5.91 Å². The molecule has 2 heterocycles. The highest BCUT2D eigenvalue weighted by atomic mass is 79.9. The summed E-state index contributed by atoms with van der Waals surface area (Å²) in [5.74, 6) is 2.33. The lowest BCUT2D eigenvalue weighted by molar-refractivity contribution is -0.113. The van der Waals surface area contributed by atoms with Gasteiger partial charge in [-0.1, -0.05) is 24.0 Å². The summed E-state index contributed by atoms with van der Waals surface area (Å²) >= 11 is 10.3. The van der Waals surface area contributed by atoms with Crippen molar-refractivity contribution in [3.63, 3.8) is 0 Å². The van der Waals surface area contributed by atoms with E-state index < -0.39 is 0 Å². The number of nitrogens with zero attached hydrogens (tertiary/aromatic N) is 1. The molecule has 0 bridgehead atoms. The molecule has 0 saturated carbocycles. The average Bonchev–Trinajstić information content (AvgIpc) is 3.28. The molecule has 9 heteroatoms. The van der Waals surface area contributed by atoms with Gasteiger partial charge in [-0.2, -0.15) is 0 Å². The number of ether oxygens (including phenoxy) is 4. The van der Waals surface area contributed by atoms with E-state index in [0.717, 1.165) is 10.0 Å². The van der Waals surface area contributed by atoms with Crippen molar-refractivity contribution in [2.24, 2.45) is 0 Å². The van der Waals surface area contributed by atoms with Crippen LogP contribution in [0.15, 0.2) is 39.7 Å². The molecule has 2 aliphatic heterocycles. The second kappa shape index (κ2) is 8.87. The van der Waals surface area contributed by atoms with Crippen LogP contribution in [0.1, 0.15) is 19.4 Å². The van der Waals surface area contributed by atoms with Gasteiger partial charge in [-0.3, -0.25) is 9.69 Å². The number of fused-ring (bicyclic) bond motifs is 1. The lowest BCUT2D eigenvalue weighted by atomic mass is 10.1. The molecule has 30 heavy (non-hydrogen) atoms. The Morgan fingerprint density at radius 1 is 1.17 bits per heavy atom. The summed E-state index contributed by atoms with van der Waals surface area (Å²) < 4.78 is 23.4. The van der Waals surface area contributed by atoms with Crippen LogP contribution in [0.25, 0.3) is 6.08 Å². The molecule has 2 aliphatic rings. The maximum Gasteiger partial charge on any atom is 0.270 e. The first kappa shape index (κ1) is 21.0. The highest BCUT2D eigenvalue weighted by molar-refractivity contribution is 9.10. The minimum atomic E-state index is -0.188. The number of benzene rings is 2. The van der Waals surface area contributed by atoms with Crippen LogP contribution in [0.4, 0.5) is 5.69 Å². The molecular weight excluding hydrogens is 490 g/mol. The summed E-state index contributed by atoms with van der Waals surface area (Å²) in [4.78, 5) is 15.1. The van der Waals surface area contributed by atoms with Crippen LogP contribution >= 0.6 is 39.9 Å². The summed E-state index contributed by atoms with van der Waals surface area (Å²) in [5, 5.41) is 0. The normalized spacial score (nSPS) is 16.5. The molecule has 0 unspecified atom stereocenters. The van der Waals surface area contributed by atoms with Crippen molar-refractivity contribution in [3.05, 3.63) is 45.3 Å². The van der Waals surface area contributed by atoms with E-state index in [1.54, 1.807) is 24.3 Å². The molecule has 156 valence electrons. The Morgan fingerprint density at radius 3 is 2.70 bits per heavy atom. The van der Waals surface area contributed by atoms with Crippen molar-refractivity contribution in [1.29, 1.82) is 0 Å². The van der Waals surface area contributed by atoms with Crippen LogP contribution in [0.5, 0.6) is 23.0 Å². The first-order valence-electron chi connectivity index (χ1n) is 9.28. The van der Waals surface area contributed by atoms with Crippen LogP contribution in [0.3, 0.4) is 0 Å². The summed E-state index contributed by atoms with van der Waals surface area (Å²) in [5.41, 5.74) is 1.45. The maximum absolute atomic E-state index is 13.1. The molecule has 0 aromatic heterocycles. The Hall–Kier alpha value is -2.23. The van der Waals surface area contributed by atoms with Crippen LogP contribution in [0.2, 0.25) is 0 Å². The molecule has 4 rings (SSSR count). The Balaban J connectivity index is 1.65. The summed E-state index contributed by atoms with van der Waals surface area (Å²) in [6.45, 7) is 5.02. The second-order valence-corrected chi connectivity index (χ2v) is 8.78. The third-order valence-corrected chi connectivity index (χ3v) is 6.22. The smallest absolute Gasteiger partial charge is 0.270 e. The number of halogens is 1. The van der Waals surface area contributed by atoms with Crippen molar-refractivity contribution < 1.29 is 23.7 Å². The molecule has 6 nitrogen and oxygen atoms in total. The summed E-state index contributed by atoms with van der Waals surface area (Å²) in [6, 6.07) is 9.07. The van der Waals surface area contributed by atoms with Crippen LogP contribution < -0.4 is 23.8 Å². The molecule has 2 aromatic rings. The Morgan fingerprint density at radius 2 is 1.93 bits per heavy atom. The van der Waals surface area contributed by atoms with Crippen LogP contribution in [-0.2, 0) is 4.79 Å². The molecule has 0 aliphatic carbocycles. The first-order valence-corrected chi connectivity index (χ1v) is 11.3. The number of amides is 1. The molecular formula is C21H18BrNO5S2. The zero-order chi connectivity index (χ0) is 21.3. The Kier molecular flexibility index (Phi) is 6.21. The monoisotopic (exact) mass is 507 g/mol. The van der Waals surface area contributed by atoms with Gasteiger partial charge in [-0.05, 0) is 65.7 Å². The number of carbonyl (C=O) groups is 1. The summed E-state index contributed by atoms with van der Waals surface area (Å²) in [7, 11) is 0. The van der Waals surface area contributed by atoms with E-state index in [4.69, 9.17) is 31.2 Å². The highest BCUT2D eigenvalue weighted by Crippen LogP contribution is 2.42. The van der Waals surface area contributed by atoms with E-state index in [-0.39, 0.29) is 12.7 Å². The van der Waals surface area contributed by atoms with Gasteiger partial charge >= 0.3 is 0 Å². The van der Waals surface area contributed by atoms with Crippen molar-refractivity contribution in [3.8, 4) is 23.0 Å². The molecule has 0 atom stereocenters. The number of rotatable bonds is 6. The predicted molar refractivity (Wildman–Crippen MR) is 125 cm³/mol. The number of carbonyl (C=O) groups excluding carboxylic acids is 1. The predicted octanol–water partition coefficient (Wildman–Crippen LogP) is 5.38. The van der Waals surface area contributed by atoms with Gasteiger partial charge < -0.3 is 18.9 Å². The molecule has 0 N–H and O–H groups in total. The van der Waals surface area contributed by atoms with Crippen molar-refractivity contribution in [2.45, 2.75) is 13.8 Å². The second-order valence-electron chi connectivity index (χ2n) is 6.25.